The maximum atomic E-state index is 12.2. The number of rotatable bonds is 5. The number of ether oxygens (including phenoxy) is 1. The number of nitrogens with one attached hydrogen (secondary N) is 2. The highest BCUT2D eigenvalue weighted by Crippen LogP contribution is 2.27. The van der Waals surface area contributed by atoms with Gasteiger partial charge in [-0.3, -0.25) is 4.79 Å². The Bertz CT molecular complexity index is 970. The first-order valence-corrected chi connectivity index (χ1v) is 9.48. The summed E-state index contributed by atoms with van der Waals surface area (Å²) in [5, 5.41) is 14.2. The third-order valence-corrected chi connectivity index (χ3v) is 4.81. The van der Waals surface area contributed by atoms with Gasteiger partial charge in [-0.25, -0.2) is 0 Å². The summed E-state index contributed by atoms with van der Waals surface area (Å²) in [6, 6.07) is 8.03. The number of nitrogens with zero attached hydrogens (tertiary/aromatic N) is 5. The van der Waals surface area contributed by atoms with E-state index in [-0.39, 0.29) is 11.9 Å². The van der Waals surface area contributed by atoms with E-state index in [1.165, 1.54) is 5.56 Å². The van der Waals surface area contributed by atoms with Crippen LogP contribution in [-0.4, -0.2) is 51.0 Å². The second-order valence-electron chi connectivity index (χ2n) is 6.90. The highest BCUT2D eigenvalue weighted by Gasteiger charge is 2.29. The van der Waals surface area contributed by atoms with Crippen LogP contribution in [0.2, 0.25) is 0 Å². The molecule has 2 N–H and O–H groups in total. The average molecular weight is 381 g/mol. The van der Waals surface area contributed by atoms with Crippen LogP contribution in [0.15, 0.2) is 24.3 Å². The Labute approximate surface area is 162 Å². The van der Waals surface area contributed by atoms with Crippen LogP contribution in [0.4, 0.5) is 17.5 Å². The lowest BCUT2D eigenvalue weighted by atomic mass is 9.98. The first-order chi connectivity index (χ1) is 13.6. The van der Waals surface area contributed by atoms with Crippen LogP contribution in [0.3, 0.4) is 0 Å². The molecule has 1 saturated heterocycles. The Kier molecular flexibility index (Phi) is 5.05. The molecule has 1 aliphatic rings. The Morgan fingerprint density at radius 3 is 2.89 bits per heavy atom. The molecule has 28 heavy (non-hydrogen) atoms. The summed E-state index contributed by atoms with van der Waals surface area (Å²) < 4.78 is 5.19. The SMILES string of the molecule is CCOC(=O)[C@@H]1CCCN(c2nc(Nc3ccc(C)cc3)c3n[nH]nc3n2)C1. The minimum absolute atomic E-state index is 0.160. The number of anilines is 3. The Balaban J connectivity index is 1.62. The fourth-order valence-electron chi connectivity index (χ4n) is 3.35. The smallest absolute Gasteiger partial charge is 0.310 e. The first-order valence-electron chi connectivity index (χ1n) is 9.48. The minimum Gasteiger partial charge on any atom is -0.466 e. The Morgan fingerprint density at radius 1 is 1.29 bits per heavy atom. The lowest BCUT2D eigenvalue weighted by Gasteiger charge is -2.31. The van der Waals surface area contributed by atoms with Crippen LogP contribution >= 0.6 is 0 Å². The minimum atomic E-state index is -0.168. The molecule has 1 aromatic carbocycles. The topological polar surface area (TPSA) is 109 Å². The van der Waals surface area contributed by atoms with Crippen molar-refractivity contribution in [1.29, 1.82) is 0 Å². The monoisotopic (exact) mass is 381 g/mol. The number of aromatic amines is 1. The van der Waals surface area contributed by atoms with E-state index < -0.39 is 0 Å². The van der Waals surface area contributed by atoms with Gasteiger partial charge in [0.15, 0.2) is 11.3 Å². The van der Waals surface area contributed by atoms with Crippen LogP contribution in [0.25, 0.3) is 11.2 Å². The zero-order valence-corrected chi connectivity index (χ0v) is 16.0. The summed E-state index contributed by atoms with van der Waals surface area (Å²) in [6.45, 7) is 5.57. The molecule has 2 aromatic heterocycles. The number of hydrogen-bond acceptors (Lipinski definition) is 8. The molecular weight excluding hydrogens is 358 g/mol. The van der Waals surface area contributed by atoms with E-state index in [0.29, 0.717) is 36.1 Å². The van der Waals surface area contributed by atoms with Crippen molar-refractivity contribution in [2.75, 3.05) is 29.9 Å². The molecule has 1 aliphatic heterocycles. The third-order valence-electron chi connectivity index (χ3n) is 4.81. The molecule has 4 rings (SSSR count). The number of H-pyrrole nitrogens is 1. The van der Waals surface area contributed by atoms with Crippen molar-refractivity contribution in [3.05, 3.63) is 29.8 Å². The maximum absolute atomic E-state index is 12.2. The van der Waals surface area contributed by atoms with E-state index in [4.69, 9.17) is 4.74 Å². The van der Waals surface area contributed by atoms with Gasteiger partial charge in [0, 0.05) is 18.8 Å². The van der Waals surface area contributed by atoms with Gasteiger partial charge in [-0.1, -0.05) is 17.7 Å². The van der Waals surface area contributed by atoms with Crippen molar-refractivity contribution in [2.45, 2.75) is 26.7 Å². The first kappa shape index (κ1) is 18.1. The molecule has 3 heterocycles. The second kappa shape index (κ2) is 7.79. The Morgan fingerprint density at radius 2 is 2.11 bits per heavy atom. The van der Waals surface area contributed by atoms with Crippen molar-refractivity contribution < 1.29 is 9.53 Å². The Hall–Kier alpha value is -3.23. The zero-order valence-electron chi connectivity index (χ0n) is 16.0. The van der Waals surface area contributed by atoms with Crippen LogP contribution < -0.4 is 10.2 Å². The lowest BCUT2D eigenvalue weighted by molar-refractivity contribution is -0.148. The highest BCUT2D eigenvalue weighted by atomic mass is 16.5. The van der Waals surface area contributed by atoms with Gasteiger partial charge in [0.2, 0.25) is 11.6 Å². The predicted octanol–water partition coefficient (Wildman–Crippen LogP) is 2.58. The normalized spacial score (nSPS) is 16.9. The quantitative estimate of drug-likeness (QED) is 0.649. The van der Waals surface area contributed by atoms with Gasteiger partial charge in [-0.2, -0.15) is 20.3 Å². The molecule has 0 aliphatic carbocycles. The standard InChI is InChI=1S/C19H23N7O2/c1-3-28-18(27)13-5-4-10-26(11-13)19-21-16(15-17(22-19)24-25-23-15)20-14-8-6-12(2)7-9-14/h6-9,13H,3-5,10-11H2,1-2H3,(H2,20,21,22,23,24,25)/t13-/m1/s1. The summed E-state index contributed by atoms with van der Waals surface area (Å²) in [5.74, 6) is 0.785. The van der Waals surface area contributed by atoms with E-state index in [2.05, 4.69) is 30.7 Å². The zero-order chi connectivity index (χ0) is 19.5. The molecule has 1 fully saturated rings. The molecule has 0 bridgehead atoms. The number of aryl methyl sites for hydroxylation is 1. The van der Waals surface area contributed by atoms with Crippen LogP contribution in [0, 0.1) is 12.8 Å². The average Bonchev–Trinajstić information content (AvgIpc) is 3.19. The van der Waals surface area contributed by atoms with Crippen molar-refractivity contribution >= 4 is 34.6 Å². The van der Waals surface area contributed by atoms with Crippen LogP contribution in [-0.2, 0) is 9.53 Å². The molecule has 0 amide bonds. The number of hydrogen-bond donors (Lipinski definition) is 2. The lowest BCUT2D eigenvalue weighted by Crippen LogP contribution is -2.40. The summed E-state index contributed by atoms with van der Waals surface area (Å²) in [7, 11) is 0. The predicted molar refractivity (Wildman–Crippen MR) is 106 cm³/mol. The molecule has 0 spiro atoms. The van der Waals surface area contributed by atoms with E-state index in [9.17, 15) is 4.79 Å². The van der Waals surface area contributed by atoms with Gasteiger partial charge in [0.25, 0.3) is 0 Å². The number of fused-ring (bicyclic) bond motifs is 1. The second-order valence-corrected chi connectivity index (χ2v) is 6.90. The number of piperidine rings is 1. The molecule has 0 saturated carbocycles. The van der Waals surface area contributed by atoms with Gasteiger partial charge >= 0.3 is 5.97 Å². The van der Waals surface area contributed by atoms with E-state index in [1.54, 1.807) is 0 Å². The summed E-state index contributed by atoms with van der Waals surface area (Å²) in [4.78, 5) is 23.4. The molecular formula is C19H23N7O2. The van der Waals surface area contributed by atoms with Crippen LogP contribution in [0.1, 0.15) is 25.3 Å². The summed E-state index contributed by atoms with van der Waals surface area (Å²) >= 11 is 0. The van der Waals surface area contributed by atoms with Crippen molar-refractivity contribution in [3.8, 4) is 0 Å². The largest absolute Gasteiger partial charge is 0.466 e. The molecule has 1 atom stereocenters. The summed E-state index contributed by atoms with van der Waals surface area (Å²) in [6.07, 6.45) is 1.69. The van der Waals surface area contributed by atoms with Gasteiger partial charge in [-0.05, 0) is 38.8 Å². The molecule has 0 unspecified atom stereocenters. The number of carbonyl (C=O) groups is 1. The molecule has 0 radical (unpaired) electrons. The fraction of sp³-hybridized carbons (Fsp3) is 0.421. The van der Waals surface area contributed by atoms with E-state index >= 15 is 0 Å². The van der Waals surface area contributed by atoms with Gasteiger partial charge in [0.1, 0.15) is 0 Å². The molecule has 9 heteroatoms. The fourth-order valence-corrected chi connectivity index (χ4v) is 3.35. The van der Waals surface area contributed by atoms with Gasteiger partial charge in [-0.15, -0.1) is 5.10 Å². The number of esters is 1. The summed E-state index contributed by atoms with van der Waals surface area (Å²) in [5.41, 5.74) is 3.14. The van der Waals surface area contributed by atoms with Crippen molar-refractivity contribution in [2.24, 2.45) is 5.92 Å². The number of benzene rings is 1. The molecule has 146 valence electrons. The third kappa shape index (κ3) is 3.73. The van der Waals surface area contributed by atoms with Crippen LogP contribution in [0.5, 0.6) is 0 Å². The number of aromatic nitrogens is 5. The molecule has 9 nitrogen and oxygen atoms in total. The van der Waals surface area contributed by atoms with Gasteiger partial charge < -0.3 is 15.0 Å². The highest BCUT2D eigenvalue weighted by molar-refractivity contribution is 5.85. The van der Waals surface area contributed by atoms with Gasteiger partial charge in [0.05, 0.1) is 12.5 Å². The number of carbonyl (C=O) groups excluding carboxylic acids is 1. The van der Waals surface area contributed by atoms with E-state index in [1.807, 2.05) is 43.0 Å². The maximum Gasteiger partial charge on any atom is 0.310 e. The molecule has 3 aromatic rings. The van der Waals surface area contributed by atoms with E-state index in [0.717, 1.165) is 25.1 Å². The van der Waals surface area contributed by atoms with Crippen molar-refractivity contribution in [1.82, 2.24) is 25.4 Å². The van der Waals surface area contributed by atoms with Crippen molar-refractivity contribution in [3.63, 3.8) is 0 Å².